The fourth-order valence-corrected chi connectivity index (χ4v) is 3.85. The second kappa shape index (κ2) is 5.84. The minimum Gasteiger partial charge on any atom is -0.209 e. The number of halogens is 1. The van der Waals surface area contributed by atoms with E-state index >= 15 is 0 Å². The monoisotopic (exact) mass is 301 g/mol. The molecule has 1 atom stereocenters. The Morgan fingerprint density at radius 1 is 1.17 bits per heavy atom. The van der Waals surface area contributed by atoms with Crippen LogP contribution in [0, 0.1) is 0 Å². The average molecular weight is 302 g/mol. The molecule has 1 aromatic carbocycles. The van der Waals surface area contributed by atoms with Crippen LogP contribution < -0.4 is 4.72 Å². The van der Waals surface area contributed by atoms with Crippen molar-refractivity contribution in [2.24, 2.45) is 0 Å². The van der Waals surface area contributed by atoms with Gasteiger partial charge in [0.25, 0.3) is 0 Å². The van der Waals surface area contributed by atoms with Gasteiger partial charge in [0, 0.05) is 6.54 Å². The molecule has 0 saturated carbocycles. The standard InChI is InChI=1S/C12H12ClNO2S2/c13-11(10-5-2-1-3-6-10)9-14-18(15,16)12-7-4-8-17-12/h1-8,11,14H,9H2. The van der Waals surface area contributed by atoms with Crippen molar-refractivity contribution in [2.75, 3.05) is 6.54 Å². The second-order valence-corrected chi connectivity index (χ2v) is 7.13. The molecule has 3 nitrogen and oxygen atoms in total. The highest BCUT2D eigenvalue weighted by molar-refractivity contribution is 7.91. The number of nitrogens with one attached hydrogen (secondary N) is 1. The molecule has 0 amide bonds. The van der Waals surface area contributed by atoms with Gasteiger partial charge in [-0.2, -0.15) is 0 Å². The molecule has 1 N–H and O–H groups in total. The number of rotatable bonds is 5. The molecule has 1 aromatic heterocycles. The van der Waals surface area contributed by atoms with Gasteiger partial charge >= 0.3 is 0 Å². The Morgan fingerprint density at radius 3 is 2.50 bits per heavy atom. The van der Waals surface area contributed by atoms with E-state index in [1.807, 2.05) is 30.3 Å². The van der Waals surface area contributed by atoms with Crippen LogP contribution in [0.2, 0.25) is 0 Å². The molecule has 6 heteroatoms. The van der Waals surface area contributed by atoms with E-state index in [9.17, 15) is 8.42 Å². The molecule has 2 rings (SSSR count). The first-order chi connectivity index (χ1) is 8.59. The maximum absolute atomic E-state index is 11.9. The molecule has 0 bridgehead atoms. The number of thiophene rings is 1. The number of hydrogen-bond acceptors (Lipinski definition) is 3. The lowest BCUT2D eigenvalue weighted by Crippen LogP contribution is -2.26. The summed E-state index contributed by atoms with van der Waals surface area (Å²) in [5, 5.41) is 1.35. The fourth-order valence-electron chi connectivity index (χ4n) is 1.45. The van der Waals surface area contributed by atoms with Crippen molar-refractivity contribution in [1.29, 1.82) is 0 Å². The fraction of sp³-hybridized carbons (Fsp3) is 0.167. The Balaban J connectivity index is 2.00. The van der Waals surface area contributed by atoms with Crippen LogP contribution in [-0.4, -0.2) is 15.0 Å². The number of alkyl halides is 1. The first kappa shape index (κ1) is 13.5. The first-order valence-electron chi connectivity index (χ1n) is 5.32. The molecule has 0 aliphatic carbocycles. The van der Waals surface area contributed by atoms with Crippen molar-refractivity contribution in [1.82, 2.24) is 4.72 Å². The molecule has 0 saturated heterocycles. The van der Waals surface area contributed by atoms with Crippen LogP contribution in [0.15, 0.2) is 52.1 Å². The second-order valence-electron chi connectivity index (χ2n) is 3.66. The largest absolute Gasteiger partial charge is 0.250 e. The van der Waals surface area contributed by atoms with E-state index in [4.69, 9.17) is 11.6 Å². The van der Waals surface area contributed by atoms with Crippen molar-refractivity contribution in [3.05, 3.63) is 53.4 Å². The van der Waals surface area contributed by atoms with Gasteiger partial charge in [0.15, 0.2) is 0 Å². The lowest BCUT2D eigenvalue weighted by Gasteiger charge is -2.10. The van der Waals surface area contributed by atoms with Crippen molar-refractivity contribution >= 4 is 33.0 Å². The number of benzene rings is 1. The molecule has 0 spiro atoms. The summed E-state index contributed by atoms with van der Waals surface area (Å²) in [5.74, 6) is 0. The van der Waals surface area contributed by atoms with Crippen molar-refractivity contribution in [3.8, 4) is 0 Å². The SMILES string of the molecule is O=S(=O)(NCC(Cl)c1ccccc1)c1cccs1. The Hall–Kier alpha value is -0.880. The highest BCUT2D eigenvalue weighted by Gasteiger charge is 2.17. The van der Waals surface area contributed by atoms with Gasteiger partial charge in [0.05, 0.1) is 5.38 Å². The average Bonchev–Trinajstić information content (AvgIpc) is 2.92. The van der Waals surface area contributed by atoms with Gasteiger partial charge in [0.1, 0.15) is 4.21 Å². The van der Waals surface area contributed by atoms with Crippen LogP contribution in [0.25, 0.3) is 0 Å². The normalized spacial score (nSPS) is 13.4. The van der Waals surface area contributed by atoms with Gasteiger partial charge in [-0.15, -0.1) is 22.9 Å². The Bertz CT molecular complexity index is 582. The molecule has 0 radical (unpaired) electrons. The molecule has 1 heterocycles. The zero-order chi connectivity index (χ0) is 13.0. The van der Waals surface area contributed by atoms with E-state index < -0.39 is 10.0 Å². The number of hydrogen-bond donors (Lipinski definition) is 1. The Labute approximate surface area is 115 Å². The maximum atomic E-state index is 11.9. The molecule has 0 aliphatic heterocycles. The highest BCUT2D eigenvalue weighted by atomic mass is 35.5. The van der Waals surface area contributed by atoms with Crippen LogP contribution in [0.3, 0.4) is 0 Å². The minimum absolute atomic E-state index is 0.172. The predicted molar refractivity (Wildman–Crippen MR) is 74.5 cm³/mol. The molecule has 1 unspecified atom stereocenters. The minimum atomic E-state index is -3.44. The van der Waals surface area contributed by atoms with E-state index in [1.165, 1.54) is 11.3 Å². The summed E-state index contributed by atoms with van der Waals surface area (Å²) < 4.78 is 26.6. The van der Waals surface area contributed by atoms with Gasteiger partial charge in [0.2, 0.25) is 10.0 Å². The molecule has 96 valence electrons. The van der Waals surface area contributed by atoms with Gasteiger partial charge < -0.3 is 0 Å². The lowest BCUT2D eigenvalue weighted by atomic mass is 10.1. The van der Waals surface area contributed by atoms with Crippen LogP contribution in [0.1, 0.15) is 10.9 Å². The molecule has 18 heavy (non-hydrogen) atoms. The summed E-state index contributed by atoms with van der Waals surface area (Å²) in [6, 6.07) is 12.7. The summed E-state index contributed by atoms with van der Waals surface area (Å²) >= 11 is 7.33. The lowest BCUT2D eigenvalue weighted by molar-refractivity contribution is 0.583. The van der Waals surface area contributed by atoms with Crippen molar-refractivity contribution in [3.63, 3.8) is 0 Å². The smallest absolute Gasteiger partial charge is 0.209 e. The summed E-state index contributed by atoms with van der Waals surface area (Å²) in [5.41, 5.74) is 0.896. The van der Waals surface area contributed by atoms with E-state index in [0.29, 0.717) is 4.21 Å². The summed E-state index contributed by atoms with van der Waals surface area (Å²) in [6.07, 6.45) is 0. The van der Waals surface area contributed by atoms with E-state index in [0.717, 1.165) is 5.56 Å². The van der Waals surface area contributed by atoms with Gasteiger partial charge in [-0.25, -0.2) is 13.1 Å². The van der Waals surface area contributed by atoms with E-state index in [1.54, 1.807) is 17.5 Å². The maximum Gasteiger partial charge on any atom is 0.250 e. The predicted octanol–water partition coefficient (Wildman–Crippen LogP) is 3.01. The van der Waals surface area contributed by atoms with Gasteiger partial charge in [-0.1, -0.05) is 36.4 Å². The van der Waals surface area contributed by atoms with Crippen molar-refractivity contribution in [2.45, 2.75) is 9.59 Å². The molecule has 0 aliphatic rings. The first-order valence-corrected chi connectivity index (χ1v) is 8.12. The highest BCUT2D eigenvalue weighted by Crippen LogP contribution is 2.21. The van der Waals surface area contributed by atoms with E-state index in [2.05, 4.69) is 4.72 Å². The summed E-state index contributed by atoms with van der Waals surface area (Å²) in [4.78, 5) is 0. The third kappa shape index (κ3) is 3.32. The quantitative estimate of drug-likeness (QED) is 0.863. The zero-order valence-electron chi connectivity index (χ0n) is 9.41. The van der Waals surface area contributed by atoms with Crippen LogP contribution in [-0.2, 0) is 10.0 Å². The van der Waals surface area contributed by atoms with Gasteiger partial charge in [-0.3, -0.25) is 0 Å². The van der Waals surface area contributed by atoms with Gasteiger partial charge in [-0.05, 0) is 17.0 Å². The molecule has 0 fully saturated rings. The third-order valence-electron chi connectivity index (χ3n) is 2.37. The van der Waals surface area contributed by atoms with Crippen LogP contribution >= 0.6 is 22.9 Å². The Morgan fingerprint density at radius 2 is 1.89 bits per heavy atom. The van der Waals surface area contributed by atoms with Crippen molar-refractivity contribution < 1.29 is 8.42 Å². The topological polar surface area (TPSA) is 46.2 Å². The summed E-state index contributed by atoms with van der Waals surface area (Å²) in [7, 11) is -3.44. The summed E-state index contributed by atoms with van der Waals surface area (Å²) in [6.45, 7) is 0.172. The third-order valence-corrected chi connectivity index (χ3v) is 5.60. The molecule has 2 aromatic rings. The molecular weight excluding hydrogens is 290 g/mol. The Kier molecular flexibility index (Phi) is 4.40. The zero-order valence-corrected chi connectivity index (χ0v) is 11.8. The van der Waals surface area contributed by atoms with Crippen LogP contribution in [0.5, 0.6) is 0 Å². The number of sulfonamides is 1. The van der Waals surface area contributed by atoms with E-state index in [-0.39, 0.29) is 11.9 Å². The molecular formula is C12H12ClNO2S2. The van der Waals surface area contributed by atoms with Crippen LogP contribution in [0.4, 0.5) is 0 Å².